The maximum atomic E-state index is 12.3. The highest BCUT2D eigenvalue weighted by Gasteiger charge is 2.57. The number of hydrogen-bond acceptors (Lipinski definition) is 2. The van der Waals surface area contributed by atoms with Gasteiger partial charge in [0.15, 0.2) is 0 Å². The fourth-order valence-electron chi connectivity index (χ4n) is 4.62. The standard InChI is InChI=1S/C18H19ClO2/c1-9-5-10(2)7-13(6-9)16(19)15-14-11-3-4-12(8-11)17(14)21-18(15)20/h5-7,11-12,14,17H,3-4,8H2,1-2H3/b16-15+/t11-,12+,14-,17-/m0/s1. The van der Waals surface area contributed by atoms with E-state index < -0.39 is 0 Å². The summed E-state index contributed by atoms with van der Waals surface area (Å²) in [7, 11) is 0. The zero-order chi connectivity index (χ0) is 14.7. The lowest BCUT2D eigenvalue weighted by molar-refractivity contribution is -0.140. The van der Waals surface area contributed by atoms with Crippen molar-refractivity contribution in [1.29, 1.82) is 0 Å². The summed E-state index contributed by atoms with van der Waals surface area (Å²) >= 11 is 6.63. The van der Waals surface area contributed by atoms with Crippen molar-refractivity contribution in [2.24, 2.45) is 17.8 Å². The number of carbonyl (C=O) groups is 1. The molecule has 1 aromatic carbocycles. The molecule has 3 fully saturated rings. The Kier molecular flexibility index (Phi) is 2.94. The van der Waals surface area contributed by atoms with Crippen molar-refractivity contribution in [3.63, 3.8) is 0 Å². The number of ether oxygens (including phenoxy) is 1. The van der Waals surface area contributed by atoms with E-state index >= 15 is 0 Å². The zero-order valence-electron chi connectivity index (χ0n) is 12.4. The number of esters is 1. The zero-order valence-corrected chi connectivity index (χ0v) is 13.1. The minimum Gasteiger partial charge on any atom is -0.458 e. The smallest absolute Gasteiger partial charge is 0.336 e. The summed E-state index contributed by atoms with van der Waals surface area (Å²) in [6.45, 7) is 4.11. The molecule has 2 bridgehead atoms. The number of halogens is 1. The first-order chi connectivity index (χ1) is 10.0. The average Bonchev–Trinajstić information content (AvgIpc) is 3.07. The van der Waals surface area contributed by atoms with Crippen molar-refractivity contribution in [3.8, 4) is 0 Å². The van der Waals surface area contributed by atoms with Gasteiger partial charge in [0, 0.05) is 5.92 Å². The molecular formula is C18H19ClO2. The lowest BCUT2D eigenvalue weighted by Crippen LogP contribution is -2.24. The fourth-order valence-corrected chi connectivity index (χ4v) is 4.94. The highest BCUT2D eigenvalue weighted by molar-refractivity contribution is 6.51. The maximum Gasteiger partial charge on any atom is 0.336 e. The summed E-state index contributed by atoms with van der Waals surface area (Å²) in [6, 6.07) is 6.22. The van der Waals surface area contributed by atoms with Gasteiger partial charge in [-0.15, -0.1) is 0 Å². The molecule has 110 valence electrons. The molecule has 1 aliphatic heterocycles. The van der Waals surface area contributed by atoms with Crippen LogP contribution in [0.25, 0.3) is 5.03 Å². The molecule has 0 spiro atoms. The minimum atomic E-state index is -0.189. The van der Waals surface area contributed by atoms with Gasteiger partial charge in [-0.1, -0.05) is 40.9 Å². The van der Waals surface area contributed by atoms with E-state index in [1.165, 1.54) is 30.4 Å². The second kappa shape index (κ2) is 4.61. The van der Waals surface area contributed by atoms with Crippen LogP contribution in [0, 0.1) is 31.6 Å². The SMILES string of the molecule is Cc1cc(C)cc(/C(Cl)=C2\C(=O)O[C@H]3[C@@H]4CC[C@@H](C4)[C@@H]23)c1. The van der Waals surface area contributed by atoms with Crippen LogP contribution in [0.3, 0.4) is 0 Å². The topological polar surface area (TPSA) is 26.3 Å². The van der Waals surface area contributed by atoms with Crippen molar-refractivity contribution in [2.75, 3.05) is 0 Å². The molecule has 0 aromatic heterocycles. The number of benzene rings is 1. The van der Waals surface area contributed by atoms with E-state index in [9.17, 15) is 4.79 Å². The third kappa shape index (κ3) is 1.96. The lowest BCUT2D eigenvalue weighted by Gasteiger charge is -2.22. The molecule has 3 heteroatoms. The predicted molar refractivity (Wildman–Crippen MR) is 82.9 cm³/mol. The van der Waals surface area contributed by atoms with Crippen LogP contribution in [0.5, 0.6) is 0 Å². The summed E-state index contributed by atoms with van der Waals surface area (Å²) < 4.78 is 5.65. The molecule has 2 saturated carbocycles. The second-order valence-corrected chi connectivity index (χ2v) is 7.21. The fraction of sp³-hybridized carbons (Fsp3) is 0.500. The summed E-state index contributed by atoms with van der Waals surface area (Å²) in [5, 5.41) is 0.604. The van der Waals surface area contributed by atoms with Crippen LogP contribution in [-0.2, 0) is 9.53 Å². The van der Waals surface area contributed by atoms with Gasteiger partial charge < -0.3 is 4.74 Å². The average molecular weight is 303 g/mol. The molecule has 21 heavy (non-hydrogen) atoms. The van der Waals surface area contributed by atoms with Gasteiger partial charge in [-0.2, -0.15) is 0 Å². The molecule has 2 nitrogen and oxygen atoms in total. The van der Waals surface area contributed by atoms with Gasteiger partial charge >= 0.3 is 5.97 Å². The Labute approximate surface area is 130 Å². The lowest BCUT2D eigenvalue weighted by atomic mass is 9.82. The van der Waals surface area contributed by atoms with Crippen LogP contribution in [0.2, 0.25) is 0 Å². The van der Waals surface area contributed by atoms with Crippen molar-refractivity contribution in [1.82, 2.24) is 0 Å². The van der Waals surface area contributed by atoms with Gasteiger partial charge in [0.05, 0.1) is 10.6 Å². The van der Waals surface area contributed by atoms with Crippen LogP contribution in [0.4, 0.5) is 0 Å². The first kappa shape index (κ1) is 13.4. The third-order valence-electron chi connectivity index (χ3n) is 5.35. The van der Waals surface area contributed by atoms with Gasteiger partial charge in [-0.25, -0.2) is 4.79 Å². The molecule has 4 atom stereocenters. The van der Waals surface area contributed by atoms with Crippen LogP contribution in [0.1, 0.15) is 36.0 Å². The van der Waals surface area contributed by atoms with E-state index in [4.69, 9.17) is 16.3 Å². The van der Waals surface area contributed by atoms with Crippen molar-refractivity contribution >= 4 is 22.6 Å². The first-order valence-electron chi connectivity index (χ1n) is 7.74. The second-order valence-electron chi connectivity index (χ2n) is 6.83. The number of rotatable bonds is 1. The number of aryl methyl sites for hydroxylation is 2. The normalized spacial score (nSPS) is 35.9. The van der Waals surface area contributed by atoms with Gasteiger partial charge in [0.2, 0.25) is 0 Å². The molecular weight excluding hydrogens is 284 g/mol. The maximum absolute atomic E-state index is 12.3. The molecule has 1 heterocycles. The number of carbonyl (C=O) groups excluding carboxylic acids is 1. The molecule has 0 radical (unpaired) electrons. The van der Waals surface area contributed by atoms with Gasteiger partial charge in [-0.05, 0) is 50.5 Å². The molecule has 1 saturated heterocycles. The first-order valence-corrected chi connectivity index (χ1v) is 8.11. The van der Waals surface area contributed by atoms with E-state index in [0.29, 0.717) is 16.9 Å². The quantitative estimate of drug-likeness (QED) is 0.573. The largest absolute Gasteiger partial charge is 0.458 e. The summed E-state index contributed by atoms with van der Waals surface area (Å²) in [4.78, 5) is 12.3. The van der Waals surface area contributed by atoms with E-state index in [2.05, 4.69) is 32.0 Å². The van der Waals surface area contributed by atoms with E-state index in [1.807, 2.05) is 0 Å². The molecule has 0 N–H and O–H groups in total. The highest BCUT2D eigenvalue weighted by atomic mass is 35.5. The minimum absolute atomic E-state index is 0.0888. The Bertz CT molecular complexity index is 641. The van der Waals surface area contributed by atoms with Crippen molar-refractivity contribution in [3.05, 3.63) is 40.5 Å². The molecule has 0 unspecified atom stereocenters. The monoisotopic (exact) mass is 302 g/mol. The summed E-state index contributed by atoms with van der Waals surface area (Å²) in [6.07, 6.45) is 3.70. The molecule has 1 aromatic rings. The molecule has 3 aliphatic rings. The molecule has 0 amide bonds. The van der Waals surface area contributed by atoms with E-state index in [-0.39, 0.29) is 18.0 Å². The Hall–Kier alpha value is -1.28. The predicted octanol–water partition coefficient (Wildman–Crippen LogP) is 4.22. The van der Waals surface area contributed by atoms with Crippen molar-refractivity contribution < 1.29 is 9.53 Å². The molecule has 2 aliphatic carbocycles. The van der Waals surface area contributed by atoms with Gasteiger partial charge in [0.25, 0.3) is 0 Å². The highest BCUT2D eigenvalue weighted by Crippen LogP contribution is 2.57. The summed E-state index contributed by atoms with van der Waals surface area (Å²) in [5.41, 5.74) is 4.02. The van der Waals surface area contributed by atoms with Crippen LogP contribution < -0.4 is 0 Å². The van der Waals surface area contributed by atoms with Crippen LogP contribution in [0.15, 0.2) is 23.8 Å². The van der Waals surface area contributed by atoms with Gasteiger partial charge in [0.1, 0.15) is 6.10 Å². The van der Waals surface area contributed by atoms with Crippen LogP contribution in [-0.4, -0.2) is 12.1 Å². The number of hydrogen-bond donors (Lipinski definition) is 0. The number of fused-ring (bicyclic) bond motifs is 5. The van der Waals surface area contributed by atoms with Crippen molar-refractivity contribution in [2.45, 2.75) is 39.2 Å². The Morgan fingerprint density at radius 3 is 2.52 bits per heavy atom. The Balaban J connectivity index is 1.81. The summed E-state index contributed by atoms with van der Waals surface area (Å²) in [5.74, 6) is 1.18. The Morgan fingerprint density at radius 2 is 1.81 bits per heavy atom. The third-order valence-corrected chi connectivity index (χ3v) is 5.77. The molecule has 4 rings (SSSR count). The van der Waals surface area contributed by atoms with E-state index in [1.54, 1.807) is 0 Å². The van der Waals surface area contributed by atoms with E-state index in [0.717, 1.165) is 11.1 Å². The van der Waals surface area contributed by atoms with Gasteiger partial charge in [-0.3, -0.25) is 0 Å². The Morgan fingerprint density at radius 1 is 1.14 bits per heavy atom. The van der Waals surface area contributed by atoms with Crippen LogP contribution >= 0.6 is 11.6 Å².